The number of benzene rings is 2. The molecule has 0 fully saturated rings. The first-order valence-corrected chi connectivity index (χ1v) is 11.2. The quantitative estimate of drug-likeness (QED) is 0.409. The van der Waals surface area contributed by atoms with Gasteiger partial charge >= 0.3 is 6.09 Å². The number of rotatable bonds is 13. The maximum absolute atomic E-state index is 12.8. The van der Waals surface area contributed by atoms with Crippen LogP contribution in [0, 0.1) is 5.92 Å². The van der Waals surface area contributed by atoms with Gasteiger partial charge in [-0.3, -0.25) is 4.79 Å². The van der Waals surface area contributed by atoms with Crippen molar-refractivity contribution in [3.63, 3.8) is 0 Å². The molecule has 0 radical (unpaired) electrons. The number of methoxy groups -OCH3 is 2. The molecule has 0 saturated heterocycles. The van der Waals surface area contributed by atoms with Gasteiger partial charge in [0.2, 0.25) is 11.7 Å². The second kappa shape index (κ2) is 13.9. The Morgan fingerprint density at radius 2 is 1.65 bits per heavy atom. The van der Waals surface area contributed by atoms with Crippen molar-refractivity contribution in [2.75, 3.05) is 27.4 Å². The van der Waals surface area contributed by atoms with Crippen LogP contribution in [0.15, 0.2) is 48.5 Å². The first-order valence-electron chi connectivity index (χ1n) is 11.2. The van der Waals surface area contributed by atoms with E-state index in [2.05, 4.69) is 10.6 Å². The van der Waals surface area contributed by atoms with Crippen molar-refractivity contribution in [1.29, 1.82) is 0 Å². The molecule has 0 aliphatic carbocycles. The number of aliphatic hydroxyl groups excluding tert-OH is 1. The van der Waals surface area contributed by atoms with Gasteiger partial charge in [-0.15, -0.1) is 0 Å². The zero-order valence-corrected chi connectivity index (χ0v) is 20.1. The lowest BCUT2D eigenvalue weighted by Crippen LogP contribution is -2.51. The predicted molar refractivity (Wildman–Crippen MR) is 127 cm³/mol. The summed E-state index contributed by atoms with van der Waals surface area (Å²) in [5.41, 5.74) is 0.844. The van der Waals surface area contributed by atoms with Crippen molar-refractivity contribution < 1.29 is 33.6 Å². The molecule has 34 heavy (non-hydrogen) atoms. The highest BCUT2D eigenvalue weighted by molar-refractivity contribution is 5.85. The van der Waals surface area contributed by atoms with E-state index < -0.39 is 24.1 Å². The molecule has 0 saturated carbocycles. The molecule has 2 aromatic carbocycles. The zero-order valence-electron chi connectivity index (χ0n) is 20.1. The van der Waals surface area contributed by atoms with Crippen molar-refractivity contribution in [3.8, 4) is 17.2 Å². The van der Waals surface area contributed by atoms with Gasteiger partial charge in [-0.2, -0.15) is 0 Å². The summed E-state index contributed by atoms with van der Waals surface area (Å²) in [6.45, 7) is 3.71. The van der Waals surface area contributed by atoms with E-state index in [0.717, 1.165) is 5.56 Å². The van der Waals surface area contributed by atoms with Crippen LogP contribution in [0.4, 0.5) is 4.79 Å². The Bertz CT molecular complexity index is 885. The van der Waals surface area contributed by atoms with Gasteiger partial charge in [-0.25, -0.2) is 4.79 Å². The third-order valence-electron chi connectivity index (χ3n) is 5.30. The third-order valence-corrected chi connectivity index (χ3v) is 5.30. The zero-order chi connectivity index (χ0) is 24.9. The van der Waals surface area contributed by atoms with Crippen LogP contribution in [0.2, 0.25) is 0 Å². The van der Waals surface area contributed by atoms with Gasteiger partial charge in [-0.05, 0) is 23.6 Å². The molecule has 2 aromatic rings. The van der Waals surface area contributed by atoms with Gasteiger partial charge < -0.3 is 34.7 Å². The Morgan fingerprint density at radius 1 is 1.00 bits per heavy atom. The van der Waals surface area contributed by atoms with E-state index in [-0.39, 0.29) is 25.7 Å². The molecule has 3 N–H and O–H groups in total. The number of hydrogen-bond donors (Lipinski definition) is 3. The summed E-state index contributed by atoms with van der Waals surface area (Å²) in [4.78, 5) is 25.0. The largest absolute Gasteiger partial charge is 0.493 e. The Labute approximate surface area is 200 Å². The fourth-order valence-corrected chi connectivity index (χ4v) is 3.12. The monoisotopic (exact) mass is 474 g/mol. The average molecular weight is 475 g/mol. The van der Waals surface area contributed by atoms with Crippen LogP contribution in [0.5, 0.6) is 17.2 Å². The van der Waals surface area contributed by atoms with Gasteiger partial charge in [0, 0.05) is 6.54 Å². The summed E-state index contributed by atoms with van der Waals surface area (Å²) in [6.07, 6.45) is -1.02. The molecule has 2 amide bonds. The molecular weight excluding hydrogens is 440 g/mol. The van der Waals surface area contributed by atoms with Crippen molar-refractivity contribution in [1.82, 2.24) is 10.6 Å². The minimum Gasteiger partial charge on any atom is -0.493 e. The standard InChI is InChI=1S/C25H34N2O7/c1-5-17(2)22(27-25(30)34-15-18-10-7-6-8-11-18)24(29)26-14-19(28)16-33-23-20(31-3)12-9-13-21(23)32-4/h6-13,17,19,22,28H,5,14-16H2,1-4H3,(H,26,29)(H,27,30)/t17-,19?,22-/m0/s1. The minimum absolute atomic E-state index is 0.0655. The molecule has 0 heterocycles. The molecule has 0 aliphatic rings. The molecule has 186 valence electrons. The Kier molecular flexibility index (Phi) is 11.0. The number of ether oxygens (including phenoxy) is 4. The van der Waals surface area contributed by atoms with Gasteiger partial charge in [0.1, 0.15) is 25.4 Å². The van der Waals surface area contributed by atoms with E-state index in [1.807, 2.05) is 44.2 Å². The number of carbonyl (C=O) groups excluding carboxylic acids is 2. The molecule has 0 bridgehead atoms. The molecule has 0 aromatic heterocycles. The van der Waals surface area contributed by atoms with Crippen LogP contribution in [0.25, 0.3) is 0 Å². The predicted octanol–water partition coefficient (Wildman–Crippen LogP) is 2.90. The number of para-hydroxylation sites is 1. The lowest BCUT2D eigenvalue weighted by atomic mass is 9.98. The maximum Gasteiger partial charge on any atom is 0.408 e. The summed E-state index contributed by atoms with van der Waals surface area (Å²) in [7, 11) is 3.01. The van der Waals surface area contributed by atoms with Crippen LogP contribution >= 0.6 is 0 Å². The van der Waals surface area contributed by atoms with E-state index in [1.54, 1.807) is 18.2 Å². The summed E-state index contributed by atoms with van der Waals surface area (Å²) in [5.74, 6) is 0.727. The molecule has 0 spiro atoms. The SMILES string of the molecule is CC[C@H](C)[C@H](NC(=O)OCc1ccccc1)C(=O)NCC(O)COc1c(OC)cccc1OC. The van der Waals surface area contributed by atoms with Crippen LogP contribution in [0.1, 0.15) is 25.8 Å². The number of aliphatic hydroxyl groups is 1. The normalized spacial score (nSPS) is 13.2. The molecule has 1 unspecified atom stereocenters. The van der Waals surface area contributed by atoms with Crippen LogP contribution < -0.4 is 24.8 Å². The van der Waals surface area contributed by atoms with Crippen molar-refractivity contribution >= 4 is 12.0 Å². The summed E-state index contributed by atoms with van der Waals surface area (Å²) >= 11 is 0. The molecule has 0 aliphatic heterocycles. The third kappa shape index (κ3) is 8.15. The molecule has 2 rings (SSSR count). The minimum atomic E-state index is -0.999. The number of alkyl carbamates (subject to hydrolysis) is 1. The van der Waals surface area contributed by atoms with E-state index in [1.165, 1.54) is 14.2 Å². The first-order chi connectivity index (χ1) is 16.4. The number of nitrogens with one attached hydrogen (secondary N) is 2. The molecule has 9 nitrogen and oxygen atoms in total. The number of carbonyl (C=O) groups is 2. The van der Waals surface area contributed by atoms with Crippen LogP contribution in [-0.2, 0) is 16.1 Å². The lowest BCUT2D eigenvalue weighted by molar-refractivity contribution is -0.124. The second-order valence-corrected chi connectivity index (χ2v) is 7.77. The van der Waals surface area contributed by atoms with E-state index in [4.69, 9.17) is 18.9 Å². The number of amides is 2. The summed E-state index contributed by atoms with van der Waals surface area (Å²) in [5, 5.41) is 15.6. The van der Waals surface area contributed by atoms with E-state index in [9.17, 15) is 14.7 Å². The summed E-state index contributed by atoms with van der Waals surface area (Å²) in [6, 6.07) is 13.6. The fraction of sp³-hybridized carbons (Fsp3) is 0.440. The van der Waals surface area contributed by atoms with Gasteiger partial charge in [-0.1, -0.05) is 56.7 Å². The second-order valence-electron chi connectivity index (χ2n) is 7.77. The Balaban J connectivity index is 1.87. The van der Waals surface area contributed by atoms with E-state index >= 15 is 0 Å². The van der Waals surface area contributed by atoms with Gasteiger partial charge in [0.05, 0.1) is 14.2 Å². The van der Waals surface area contributed by atoms with Crippen molar-refractivity contribution in [3.05, 3.63) is 54.1 Å². The Morgan fingerprint density at radius 3 is 2.24 bits per heavy atom. The molecule has 9 heteroatoms. The highest BCUT2D eigenvalue weighted by atomic mass is 16.6. The Hall–Kier alpha value is -3.46. The first kappa shape index (κ1) is 26.8. The molecular formula is C25H34N2O7. The highest BCUT2D eigenvalue weighted by Gasteiger charge is 2.27. The van der Waals surface area contributed by atoms with Crippen LogP contribution in [-0.4, -0.2) is 56.6 Å². The maximum atomic E-state index is 12.8. The highest BCUT2D eigenvalue weighted by Crippen LogP contribution is 2.36. The fourth-order valence-electron chi connectivity index (χ4n) is 3.12. The topological polar surface area (TPSA) is 115 Å². The van der Waals surface area contributed by atoms with Gasteiger partial charge in [0.25, 0.3) is 0 Å². The van der Waals surface area contributed by atoms with Gasteiger partial charge in [0.15, 0.2) is 11.5 Å². The van der Waals surface area contributed by atoms with Crippen LogP contribution in [0.3, 0.4) is 0 Å². The lowest BCUT2D eigenvalue weighted by Gasteiger charge is -2.24. The molecule has 3 atom stereocenters. The average Bonchev–Trinajstić information content (AvgIpc) is 2.87. The van der Waals surface area contributed by atoms with Crippen molar-refractivity contribution in [2.24, 2.45) is 5.92 Å². The smallest absolute Gasteiger partial charge is 0.408 e. The van der Waals surface area contributed by atoms with Crippen molar-refractivity contribution in [2.45, 2.75) is 39.0 Å². The summed E-state index contributed by atoms with van der Waals surface area (Å²) < 4.78 is 21.4. The van der Waals surface area contributed by atoms with E-state index in [0.29, 0.717) is 23.7 Å². The number of hydrogen-bond acceptors (Lipinski definition) is 7.